The third-order valence-electron chi connectivity index (χ3n) is 2.11. The lowest BCUT2D eigenvalue weighted by Crippen LogP contribution is -2.36. The summed E-state index contributed by atoms with van der Waals surface area (Å²) in [4.78, 5) is 3.78. The van der Waals surface area contributed by atoms with Gasteiger partial charge in [-0.15, -0.1) is 0 Å². The van der Waals surface area contributed by atoms with Crippen molar-refractivity contribution in [2.24, 2.45) is 0 Å². The molecular weight excluding hydrogens is 219 g/mol. The SMILES string of the molecule is Cc1nccc(C(C)(C)N[SH](=O)=O)c1F. The molecule has 84 valence electrons. The highest BCUT2D eigenvalue weighted by Crippen LogP contribution is 2.23. The van der Waals surface area contributed by atoms with Crippen molar-refractivity contribution in [2.45, 2.75) is 26.3 Å². The van der Waals surface area contributed by atoms with Crippen molar-refractivity contribution in [3.8, 4) is 0 Å². The van der Waals surface area contributed by atoms with E-state index < -0.39 is 22.2 Å². The Bertz CT molecular complexity index is 436. The summed E-state index contributed by atoms with van der Waals surface area (Å²) in [6.07, 6.45) is 1.45. The second-order valence-corrected chi connectivity index (χ2v) is 4.49. The number of rotatable bonds is 3. The summed E-state index contributed by atoms with van der Waals surface area (Å²) in [7, 11) is -2.77. The maximum absolute atomic E-state index is 13.6. The lowest BCUT2D eigenvalue weighted by molar-refractivity contribution is 0.449. The highest BCUT2D eigenvalue weighted by atomic mass is 32.2. The van der Waals surface area contributed by atoms with E-state index in [2.05, 4.69) is 9.71 Å². The maximum Gasteiger partial charge on any atom is 0.202 e. The zero-order valence-corrected chi connectivity index (χ0v) is 9.64. The standard InChI is InChI=1S/C9H13FN2O2S/c1-6-8(10)7(4-5-11-6)9(2,3)12-15(13)14/h4-5,15H,1-3H3,(H,12,13,14). The number of pyridine rings is 1. The Morgan fingerprint density at radius 1 is 1.47 bits per heavy atom. The molecule has 15 heavy (non-hydrogen) atoms. The van der Waals surface area contributed by atoms with E-state index in [4.69, 9.17) is 0 Å². The molecule has 0 aliphatic carbocycles. The molecule has 1 aromatic heterocycles. The van der Waals surface area contributed by atoms with Crippen molar-refractivity contribution in [3.05, 3.63) is 29.3 Å². The number of halogens is 1. The molecule has 0 bridgehead atoms. The van der Waals surface area contributed by atoms with Gasteiger partial charge in [-0.25, -0.2) is 17.5 Å². The Morgan fingerprint density at radius 2 is 2.07 bits per heavy atom. The van der Waals surface area contributed by atoms with Crippen LogP contribution in [0.2, 0.25) is 0 Å². The van der Waals surface area contributed by atoms with E-state index in [1.807, 2.05) is 0 Å². The highest BCUT2D eigenvalue weighted by molar-refractivity contribution is 7.70. The zero-order valence-electron chi connectivity index (χ0n) is 8.74. The Labute approximate surface area is 89.6 Å². The van der Waals surface area contributed by atoms with E-state index in [0.29, 0.717) is 0 Å². The molecule has 1 N–H and O–H groups in total. The summed E-state index contributed by atoms with van der Waals surface area (Å²) in [5.74, 6) is -0.480. The fraction of sp³-hybridized carbons (Fsp3) is 0.444. The highest BCUT2D eigenvalue weighted by Gasteiger charge is 2.25. The van der Waals surface area contributed by atoms with Crippen LogP contribution >= 0.6 is 0 Å². The van der Waals surface area contributed by atoms with Crippen molar-refractivity contribution >= 4 is 10.9 Å². The minimum absolute atomic E-state index is 0.253. The summed E-state index contributed by atoms with van der Waals surface area (Å²) < 4.78 is 37.1. The first-order valence-corrected chi connectivity index (χ1v) is 5.56. The lowest BCUT2D eigenvalue weighted by atomic mass is 9.95. The van der Waals surface area contributed by atoms with Gasteiger partial charge in [-0.1, -0.05) is 0 Å². The van der Waals surface area contributed by atoms with Crippen LogP contribution in [-0.4, -0.2) is 13.4 Å². The van der Waals surface area contributed by atoms with Crippen LogP contribution in [0, 0.1) is 12.7 Å². The smallest absolute Gasteiger partial charge is 0.202 e. The third-order valence-corrected chi connectivity index (χ3v) is 2.85. The molecule has 1 heterocycles. The van der Waals surface area contributed by atoms with Crippen molar-refractivity contribution in [3.63, 3.8) is 0 Å². The van der Waals surface area contributed by atoms with E-state index in [0.717, 1.165) is 0 Å². The monoisotopic (exact) mass is 232 g/mol. The van der Waals surface area contributed by atoms with Crippen molar-refractivity contribution in [1.82, 2.24) is 9.71 Å². The molecule has 0 amide bonds. The van der Waals surface area contributed by atoms with Gasteiger partial charge in [-0.3, -0.25) is 4.98 Å². The predicted molar refractivity (Wildman–Crippen MR) is 55.4 cm³/mol. The van der Waals surface area contributed by atoms with Gasteiger partial charge >= 0.3 is 0 Å². The second kappa shape index (κ2) is 4.24. The van der Waals surface area contributed by atoms with Crippen LogP contribution in [-0.2, 0) is 16.4 Å². The molecular formula is C9H13FN2O2S. The largest absolute Gasteiger partial charge is 0.259 e. The molecule has 0 aliphatic heterocycles. The summed E-state index contributed by atoms with van der Waals surface area (Å²) in [6, 6.07) is 1.47. The summed E-state index contributed by atoms with van der Waals surface area (Å²) in [5, 5.41) is 0. The summed E-state index contributed by atoms with van der Waals surface area (Å²) in [5.41, 5.74) is -0.426. The minimum Gasteiger partial charge on any atom is -0.259 e. The zero-order chi connectivity index (χ0) is 11.6. The molecule has 0 unspecified atom stereocenters. The van der Waals surface area contributed by atoms with Crippen LogP contribution in [0.5, 0.6) is 0 Å². The topological polar surface area (TPSA) is 59.1 Å². The molecule has 1 rings (SSSR count). The first kappa shape index (κ1) is 12.1. The van der Waals surface area contributed by atoms with E-state index in [-0.39, 0.29) is 11.3 Å². The normalized spacial score (nSPS) is 12.1. The maximum atomic E-state index is 13.6. The summed E-state index contributed by atoms with van der Waals surface area (Å²) in [6.45, 7) is 4.72. The number of aryl methyl sites for hydroxylation is 1. The fourth-order valence-corrected chi connectivity index (χ4v) is 1.90. The second-order valence-electron chi connectivity index (χ2n) is 3.75. The van der Waals surface area contributed by atoms with E-state index in [9.17, 15) is 12.8 Å². The van der Waals surface area contributed by atoms with Gasteiger partial charge in [0.15, 0.2) is 0 Å². The van der Waals surface area contributed by atoms with E-state index >= 15 is 0 Å². The van der Waals surface area contributed by atoms with Gasteiger partial charge < -0.3 is 0 Å². The van der Waals surface area contributed by atoms with Gasteiger partial charge in [-0.05, 0) is 26.8 Å². The predicted octanol–water partition coefficient (Wildman–Crippen LogP) is 0.880. The molecule has 0 aliphatic rings. The molecule has 0 fully saturated rings. The van der Waals surface area contributed by atoms with Gasteiger partial charge in [0.2, 0.25) is 10.9 Å². The molecule has 0 atom stereocenters. The number of nitrogens with one attached hydrogen (secondary N) is 1. The van der Waals surface area contributed by atoms with Gasteiger partial charge in [0.25, 0.3) is 0 Å². The van der Waals surface area contributed by atoms with Crippen LogP contribution in [0.1, 0.15) is 25.1 Å². The number of thiol groups is 1. The van der Waals surface area contributed by atoms with Gasteiger partial charge in [-0.2, -0.15) is 0 Å². The molecule has 1 aromatic rings. The number of hydrogen-bond acceptors (Lipinski definition) is 3. The van der Waals surface area contributed by atoms with E-state index in [1.54, 1.807) is 13.8 Å². The average molecular weight is 232 g/mol. The number of aromatic nitrogens is 1. The molecule has 0 saturated carbocycles. The molecule has 4 nitrogen and oxygen atoms in total. The van der Waals surface area contributed by atoms with Gasteiger partial charge in [0, 0.05) is 11.8 Å². The Kier molecular flexibility index (Phi) is 3.41. The Hall–Kier alpha value is -1.01. The molecule has 6 heteroatoms. The van der Waals surface area contributed by atoms with Crippen LogP contribution in [0.15, 0.2) is 12.3 Å². The van der Waals surface area contributed by atoms with Crippen LogP contribution < -0.4 is 4.72 Å². The van der Waals surface area contributed by atoms with Crippen molar-refractivity contribution in [2.75, 3.05) is 0 Å². The van der Waals surface area contributed by atoms with Crippen molar-refractivity contribution < 1.29 is 12.8 Å². The molecule has 0 saturated heterocycles. The molecule has 0 spiro atoms. The van der Waals surface area contributed by atoms with E-state index in [1.165, 1.54) is 19.2 Å². The van der Waals surface area contributed by atoms with Crippen molar-refractivity contribution in [1.29, 1.82) is 0 Å². The van der Waals surface area contributed by atoms with Crippen LogP contribution in [0.3, 0.4) is 0 Å². The minimum atomic E-state index is -2.77. The Morgan fingerprint density at radius 3 is 2.60 bits per heavy atom. The van der Waals surface area contributed by atoms with Gasteiger partial charge in [0.05, 0.1) is 11.2 Å². The third kappa shape index (κ3) is 2.73. The Balaban J connectivity index is 3.20. The molecule has 0 aromatic carbocycles. The number of hydrogen-bond donors (Lipinski definition) is 2. The number of nitrogens with zero attached hydrogens (tertiary/aromatic N) is 1. The summed E-state index contributed by atoms with van der Waals surface area (Å²) >= 11 is 0. The first-order valence-electron chi connectivity index (χ1n) is 4.38. The average Bonchev–Trinajstić information content (AvgIpc) is 2.07. The molecule has 0 radical (unpaired) electrons. The van der Waals surface area contributed by atoms with Crippen LogP contribution in [0.4, 0.5) is 4.39 Å². The first-order chi connectivity index (χ1) is 6.84. The van der Waals surface area contributed by atoms with Crippen LogP contribution in [0.25, 0.3) is 0 Å². The lowest BCUT2D eigenvalue weighted by Gasteiger charge is -2.24. The fourth-order valence-electron chi connectivity index (χ4n) is 1.32. The van der Waals surface area contributed by atoms with Gasteiger partial charge in [0.1, 0.15) is 5.82 Å². The quantitative estimate of drug-likeness (QED) is 0.761.